The van der Waals surface area contributed by atoms with Gasteiger partial charge in [-0.1, -0.05) is 13.8 Å². The van der Waals surface area contributed by atoms with Crippen molar-refractivity contribution in [3.05, 3.63) is 48.6 Å². The molecule has 8 nitrogen and oxygen atoms in total. The molecule has 2 heterocycles. The normalized spacial score (nSPS) is 10.0. The number of ether oxygens (including phenoxy) is 2. The molecule has 0 amide bonds. The van der Waals surface area contributed by atoms with E-state index in [1.165, 1.54) is 6.20 Å². The number of hydrogen-bond acceptors (Lipinski definition) is 8. The van der Waals surface area contributed by atoms with E-state index in [1.54, 1.807) is 36.8 Å². The summed E-state index contributed by atoms with van der Waals surface area (Å²) in [6.45, 7) is 4.17. The first-order valence-electron chi connectivity index (χ1n) is 8.70. The van der Waals surface area contributed by atoms with E-state index < -0.39 is 11.9 Å². The van der Waals surface area contributed by atoms with Crippen LogP contribution in [0.3, 0.4) is 0 Å². The van der Waals surface area contributed by atoms with Crippen molar-refractivity contribution in [3.8, 4) is 11.4 Å². The Morgan fingerprint density at radius 1 is 1.00 bits per heavy atom. The van der Waals surface area contributed by atoms with E-state index in [1.807, 2.05) is 13.8 Å². The van der Waals surface area contributed by atoms with Crippen LogP contribution in [-0.4, -0.2) is 40.1 Å². The molecule has 0 radical (unpaired) electrons. The first-order valence-corrected chi connectivity index (χ1v) is 8.70. The van der Waals surface area contributed by atoms with E-state index in [4.69, 9.17) is 9.47 Å². The van der Waals surface area contributed by atoms with Gasteiger partial charge >= 0.3 is 11.9 Å². The number of nitrogens with one attached hydrogen (secondary N) is 1. The zero-order chi connectivity index (χ0) is 19.5. The van der Waals surface area contributed by atoms with E-state index in [0.717, 1.165) is 5.56 Å². The van der Waals surface area contributed by atoms with Crippen LogP contribution in [0.5, 0.6) is 0 Å². The lowest BCUT2D eigenvalue weighted by atomic mass is 10.2. The summed E-state index contributed by atoms with van der Waals surface area (Å²) in [5.74, 6) is -0.580. The van der Waals surface area contributed by atoms with Gasteiger partial charge in [0, 0.05) is 30.4 Å². The van der Waals surface area contributed by atoms with Gasteiger partial charge in [0.2, 0.25) is 0 Å². The Labute approximate surface area is 157 Å². The summed E-state index contributed by atoms with van der Waals surface area (Å²) in [7, 11) is 0. The standard InChI is InChI=1S/C19H22N4O4/c1-3-11-26-18(24)15(19(25)27-12-4-2)13-22-16-7-10-21-17(23-16)14-5-8-20-9-6-14/h5-10,13H,3-4,11-12H2,1-2H3,(H,21,22,23). The lowest BCUT2D eigenvalue weighted by Crippen LogP contribution is -2.20. The van der Waals surface area contributed by atoms with Crippen LogP contribution < -0.4 is 5.32 Å². The second-order valence-electron chi connectivity index (χ2n) is 5.48. The molecule has 0 fully saturated rings. The van der Waals surface area contributed by atoms with Crippen molar-refractivity contribution in [2.45, 2.75) is 26.7 Å². The maximum atomic E-state index is 12.1. The van der Waals surface area contributed by atoms with Crippen molar-refractivity contribution in [3.63, 3.8) is 0 Å². The molecule has 0 saturated carbocycles. The monoisotopic (exact) mass is 370 g/mol. The summed E-state index contributed by atoms with van der Waals surface area (Å²) in [4.78, 5) is 36.8. The Balaban J connectivity index is 2.19. The lowest BCUT2D eigenvalue weighted by Gasteiger charge is -2.09. The van der Waals surface area contributed by atoms with Crippen LogP contribution >= 0.6 is 0 Å². The SMILES string of the molecule is CCCOC(=O)C(=CNc1ccnc(-c2ccncc2)n1)C(=O)OCCC. The highest BCUT2D eigenvalue weighted by atomic mass is 16.6. The fourth-order valence-corrected chi connectivity index (χ4v) is 1.97. The molecule has 2 aromatic rings. The number of nitrogens with zero attached hydrogens (tertiary/aromatic N) is 3. The van der Waals surface area contributed by atoms with Gasteiger partial charge in [-0.25, -0.2) is 19.6 Å². The Hall–Kier alpha value is -3.29. The van der Waals surface area contributed by atoms with Crippen LogP contribution in [0.1, 0.15) is 26.7 Å². The molecule has 142 valence electrons. The summed E-state index contributed by atoms with van der Waals surface area (Å²) >= 11 is 0. The molecule has 0 spiro atoms. The topological polar surface area (TPSA) is 103 Å². The minimum Gasteiger partial charge on any atom is -0.462 e. The summed E-state index contributed by atoms with van der Waals surface area (Å²) < 4.78 is 10.1. The van der Waals surface area contributed by atoms with Crippen molar-refractivity contribution < 1.29 is 19.1 Å². The minimum absolute atomic E-state index is 0.219. The summed E-state index contributed by atoms with van der Waals surface area (Å²) in [6, 6.07) is 5.18. The fraction of sp³-hybridized carbons (Fsp3) is 0.316. The third kappa shape index (κ3) is 6.18. The van der Waals surface area contributed by atoms with Crippen LogP contribution in [-0.2, 0) is 19.1 Å². The first-order chi connectivity index (χ1) is 13.2. The predicted molar refractivity (Wildman–Crippen MR) is 99.5 cm³/mol. The van der Waals surface area contributed by atoms with Crippen molar-refractivity contribution in [2.75, 3.05) is 18.5 Å². The maximum absolute atomic E-state index is 12.1. The molecule has 0 aliphatic heterocycles. The molecule has 0 bridgehead atoms. The fourth-order valence-electron chi connectivity index (χ4n) is 1.97. The third-order valence-electron chi connectivity index (χ3n) is 3.27. The van der Waals surface area contributed by atoms with Gasteiger partial charge in [-0.15, -0.1) is 0 Å². The Morgan fingerprint density at radius 3 is 2.22 bits per heavy atom. The number of aromatic nitrogens is 3. The molecular formula is C19H22N4O4. The van der Waals surface area contributed by atoms with Crippen molar-refractivity contribution >= 4 is 17.8 Å². The minimum atomic E-state index is -0.742. The van der Waals surface area contributed by atoms with E-state index in [-0.39, 0.29) is 18.8 Å². The molecular weight excluding hydrogens is 348 g/mol. The Bertz CT molecular complexity index is 771. The predicted octanol–water partition coefficient (Wildman–Crippen LogP) is 2.74. The van der Waals surface area contributed by atoms with Crippen LogP contribution in [0.15, 0.2) is 48.6 Å². The van der Waals surface area contributed by atoms with Crippen molar-refractivity contribution in [1.29, 1.82) is 0 Å². The molecule has 0 aliphatic rings. The lowest BCUT2D eigenvalue weighted by molar-refractivity contribution is -0.147. The van der Waals surface area contributed by atoms with Crippen LogP contribution in [0.2, 0.25) is 0 Å². The second-order valence-corrected chi connectivity index (χ2v) is 5.48. The van der Waals surface area contributed by atoms with E-state index >= 15 is 0 Å². The van der Waals surface area contributed by atoms with Crippen LogP contribution in [0, 0.1) is 0 Å². The molecule has 2 rings (SSSR count). The Morgan fingerprint density at radius 2 is 1.63 bits per heavy atom. The van der Waals surface area contributed by atoms with Gasteiger partial charge in [-0.05, 0) is 31.0 Å². The van der Waals surface area contributed by atoms with Gasteiger partial charge in [0.25, 0.3) is 0 Å². The molecule has 0 saturated heterocycles. The number of hydrogen-bond donors (Lipinski definition) is 1. The third-order valence-corrected chi connectivity index (χ3v) is 3.27. The Kier molecular flexibility index (Phi) is 7.90. The van der Waals surface area contributed by atoms with Gasteiger partial charge in [0.1, 0.15) is 5.82 Å². The summed E-state index contributed by atoms with van der Waals surface area (Å²) in [5, 5.41) is 2.84. The highest BCUT2D eigenvalue weighted by Gasteiger charge is 2.21. The van der Waals surface area contributed by atoms with Crippen molar-refractivity contribution in [2.24, 2.45) is 0 Å². The molecule has 8 heteroatoms. The molecule has 0 aromatic carbocycles. The van der Waals surface area contributed by atoms with Gasteiger partial charge < -0.3 is 14.8 Å². The second kappa shape index (κ2) is 10.6. The average molecular weight is 370 g/mol. The van der Waals surface area contributed by atoms with Gasteiger partial charge in [-0.3, -0.25) is 4.98 Å². The largest absolute Gasteiger partial charge is 0.462 e. The summed E-state index contributed by atoms with van der Waals surface area (Å²) in [5.41, 5.74) is 0.573. The van der Waals surface area contributed by atoms with Gasteiger partial charge in [-0.2, -0.15) is 0 Å². The average Bonchev–Trinajstić information content (AvgIpc) is 2.71. The number of carbonyl (C=O) groups is 2. The number of esters is 2. The van der Waals surface area contributed by atoms with E-state index in [0.29, 0.717) is 24.5 Å². The van der Waals surface area contributed by atoms with E-state index in [9.17, 15) is 9.59 Å². The first kappa shape index (κ1) is 20.0. The van der Waals surface area contributed by atoms with E-state index in [2.05, 4.69) is 20.3 Å². The summed E-state index contributed by atoms with van der Waals surface area (Å²) in [6.07, 6.45) is 7.40. The molecule has 2 aromatic heterocycles. The van der Waals surface area contributed by atoms with Crippen molar-refractivity contribution in [1.82, 2.24) is 15.0 Å². The molecule has 0 unspecified atom stereocenters. The highest BCUT2D eigenvalue weighted by Crippen LogP contribution is 2.15. The molecule has 0 atom stereocenters. The quantitative estimate of drug-likeness (QED) is 0.311. The van der Waals surface area contributed by atoms with Crippen LogP contribution in [0.25, 0.3) is 11.4 Å². The van der Waals surface area contributed by atoms with Gasteiger partial charge in [0.05, 0.1) is 13.2 Å². The molecule has 1 N–H and O–H groups in total. The number of anilines is 1. The number of carbonyl (C=O) groups excluding carboxylic acids is 2. The maximum Gasteiger partial charge on any atom is 0.347 e. The molecule has 27 heavy (non-hydrogen) atoms. The smallest absolute Gasteiger partial charge is 0.347 e. The number of rotatable bonds is 9. The zero-order valence-electron chi connectivity index (χ0n) is 15.3. The molecule has 0 aliphatic carbocycles. The highest BCUT2D eigenvalue weighted by molar-refractivity contribution is 6.14. The van der Waals surface area contributed by atoms with Gasteiger partial charge in [0.15, 0.2) is 11.4 Å². The number of pyridine rings is 1. The van der Waals surface area contributed by atoms with Crippen LogP contribution in [0.4, 0.5) is 5.82 Å². The zero-order valence-corrected chi connectivity index (χ0v) is 15.3.